The first kappa shape index (κ1) is 18.1. The molecule has 2 N–H and O–H groups in total. The molecule has 122 valence electrons. The fraction of sp³-hybridized carbons (Fsp3) is 0.812. The molecule has 1 heterocycles. The average Bonchev–Trinajstić information content (AvgIpc) is 2.79. The van der Waals surface area contributed by atoms with Crippen molar-refractivity contribution in [3.8, 4) is 0 Å². The highest BCUT2D eigenvalue weighted by molar-refractivity contribution is 5.82. The Hall–Kier alpha value is -0.910. The summed E-state index contributed by atoms with van der Waals surface area (Å²) < 4.78 is 10.5. The van der Waals surface area contributed by atoms with Gasteiger partial charge in [-0.15, -0.1) is 0 Å². The predicted octanol–water partition coefficient (Wildman–Crippen LogP) is 1.96. The van der Waals surface area contributed by atoms with Crippen molar-refractivity contribution in [2.45, 2.75) is 76.8 Å². The minimum atomic E-state index is -0.905. The third-order valence-electron chi connectivity index (χ3n) is 4.18. The molecule has 1 fully saturated rings. The van der Waals surface area contributed by atoms with Gasteiger partial charge >= 0.3 is 5.97 Å². The normalized spacial score (nSPS) is 28.5. The summed E-state index contributed by atoms with van der Waals surface area (Å²) in [5.41, 5.74) is -0.685. The van der Waals surface area contributed by atoms with Crippen LogP contribution in [0.2, 0.25) is 0 Å². The van der Waals surface area contributed by atoms with Crippen molar-refractivity contribution in [2.75, 3.05) is 7.11 Å². The van der Waals surface area contributed by atoms with Gasteiger partial charge in [0.15, 0.2) is 0 Å². The van der Waals surface area contributed by atoms with Crippen LogP contribution in [0.25, 0.3) is 0 Å². The Bertz CT molecular complexity index is 396. The summed E-state index contributed by atoms with van der Waals surface area (Å²) in [5.74, 6) is -0.382. The molecule has 3 atom stereocenters. The molecule has 1 aliphatic heterocycles. The van der Waals surface area contributed by atoms with E-state index in [9.17, 15) is 15.0 Å². The molecular weight excluding hydrogens is 272 g/mol. The molecule has 5 nitrogen and oxygen atoms in total. The van der Waals surface area contributed by atoms with E-state index in [1.165, 1.54) is 13.2 Å². The van der Waals surface area contributed by atoms with Gasteiger partial charge in [0.2, 0.25) is 0 Å². The molecule has 0 saturated carbocycles. The fourth-order valence-corrected chi connectivity index (χ4v) is 2.61. The molecule has 0 aliphatic carbocycles. The molecule has 5 heteroatoms. The molecule has 0 aromatic carbocycles. The Morgan fingerprint density at radius 2 is 2.19 bits per heavy atom. The van der Waals surface area contributed by atoms with Crippen molar-refractivity contribution >= 4 is 5.97 Å². The third kappa shape index (κ3) is 5.09. The van der Waals surface area contributed by atoms with E-state index in [4.69, 9.17) is 4.74 Å². The van der Waals surface area contributed by atoms with E-state index in [0.717, 1.165) is 12.0 Å². The van der Waals surface area contributed by atoms with Crippen molar-refractivity contribution in [1.29, 1.82) is 0 Å². The average molecular weight is 300 g/mol. The van der Waals surface area contributed by atoms with Gasteiger partial charge in [0, 0.05) is 6.08 Å². The van der Waals surface area contributed by atoms with Crippen LogP contribution >= 0.6 is 0 Å². The van der Waals surface area contributed by atoms with Crippen LogP contribution < -0.4 is 0 Å². The van der Waals surface area contributed by atoms with Crippen molar-refractivity contribution in [2.24, 2.45) is 0 Å². The summed E-state index contributed by atoms with van der Waals surface area (Å²) in [6.45, 7) is 7.15. The first-order valence-electron chi connectivity index (χ1n) is 7.42. The highest BCUT2D eigenvalue weighted by Crippen LogP contribution is 2.38. The zero-order valence-corrected chi connectivity index (χ0v) is 13.7. The Labute approximate surface area is 126 Å². The quantitative estimate of drug-likeness (QED) is 0.579. The second-order valence-electron chi connectivity index (χ2n) is 6.68. The van der Waals surface area contributed by atoms with Crippen molar-refractivity contribution in [3.63, 3.8) is 0 Å². The van der Waals surface area contributed by atoms with Gasteiger partial charge in [-0.2, -0.15) is 0 Å². The van der Waals surface area contributed by atoms with E-state index < -0.39 is 17.3 Å². The molecule has 1 aliphatic rings. The lowest BCUT2D eigenvalue weighted by Crippen LogP contribution is -2.43. The van der Waals surface area contributed by atoms with Crippen LogP contribution in [0.1, 0.15) is 53.4 Å². The van der Waals surface area contributed by atoms with Crippen LogP contribution in [-0.4, -0.2) is 46.7 Å². The molecule has 0 radical (unpaired) electrons. The van der Waals surface area contributed by atoms with Crippen LogP contribution in [0, 0.1) is 0 Å². The summed E-state index contributed by atoms with van der Waals surface area (Å²) in [6.07, 6.45) is 3.09. The summed E-state index contributed by atoms with van der Waals surface area (Å²) >= 11 is 0. The lowest BCUT2D eigenvalue weighted by atomic mass is 9.90. The van der Waals surface area contributed by atoms with Gasteiger partial charge in [-0.3, -0.25) is 0 Å². The smallest absolute Gasteiger partial charge is 0.330 e. The van der Waals surface area contributed by atoms with Gasteiger partial charge in [-0.1, -0.05) is 5.57 Å². The summed E-state index contributed by atoms with van der Waals surface area (Å²) in [6, 6.07) is 0. The molecule has 21 heavy (non-hydrogen) atoms. The molecule has 3 unspecified atom stereocenters. The van der Waals surface area contributed by atoms with E-state index in [0.29, 0.717) is 19.3 Å². The predicted molar refractivity (Wildman–Crippen MR) is 79.8 cm³/mol. The van der Waals surface area contributed by atoms with E-state index in [1.807, 2.05) is 13.8 Å². The number of methoxy groups -OCH3 is 1. The topological polar surface area (TPSA) is 76.0 Å². The maximum absolute atomic E-state index is 11.1. The van der Waals surface area contributed by atoms with Crippen LogP contribution in [0.15, 0.2) is 11.6 Å². The van der Waals surface area contributed by atoms with Gasteiger partial charge in [0.05, 0.1) is 30.5 Å². The van der Waals surface area contributed by atoms with E-state index in [1.54, 1.807) is 13.8 Å². The number of rotatable bonds is 6. The molecule has 1 rings (SSSR count). The molecule has 0 spiro atoms. The molecule has 0 bridgehead atoms. The number of carbonyl (C=O) groups excluding carboxylic acids is 1. The van der Waals surface area contributed by atoms with Gasteiger partial charge in [0.1, 0.15) is 0 Å². The minimum absolute atomic E-state index is 0.260. The Balaban J connectivity index is 2.54. The summed E-state index contributed by atoms with van der Waals surface area (Å²) in [4.78, 5) is 11.1. The standard InChI is InChI=1S/C16H28O5/c1-11(10-14(18)20-5)6-7-12(17)16(4)9-8-13(21-16)15(2,3)19/h10,12-13,17,19H,6-9H2,1-5H3. The Morgan fingerprint density at radius 1 is 1.57 bits per heavy atom. The maximum Gasteiger partial charge on any atom is 0.330 e. The van der Waals surface area contributed by atoms with Crippen LogP contribution in [0.3, 0.4) is 0 Å². The molecule has 0 amide bonds. The first-order chi connectivity index (χ1) is 9.58. The summed E-state index contributed by atoms with van der Waals surface area (Å²) in [7, 11) is 1.34. The maximum atomic E-state index is 11.1. The minimum Gasteiger partial charge on any atom is -0.466 e. The second kappa shape index (κ2) is 6.90. The first-order valence-corrected chi connectivity index (χ1v) is 7.42. The molecule has 1 saturated heterocycles. The molecule has 0 aromatic rings. The fourth-order valence-electron chi connectivity index (χ4n) is 2.61. The zero-order chi connectivity index (χ0) is 16.3. The number of allylic oxidation sites excluding steroid dienone is 1. The second-order valence-corrected chi connectivity index (χ2v) is 6.68. The zero-order valence-electron chi connectivity index (χ0n) is 13.7. The SMILES string of the molecule is COC(=O)C=C(C)CCC(O)C1(C)CCC(C(C)(C)O)O1. The number of carbonyl (C=O) groups is 1. The van der Waals surface area contributed by atoms with Crippen molar-refractivity contribution in [3.05, 3.63) is 11.6 Å². The molecule has 0 aromatic heterocycles. The third-order valence-corrected chi connectivity index (χ3v) is 4.18. The number of aliphatic hydroxyl groups excluding tert-OH is 1. The number of hydrogen-bond donors (Lipinski definition) is 2. The highest BCUT2D eigenvalue weighted by atomic mass is 16.5. The van der Waals surface area contributed by atoms with Crippen LogP contribution in [0.5, 0.6) is 0 Å². The largest absolute Gasteiger partial charge is 0.466 e. The number of esters is 1. The Morgan fingerprint density at radius 3 is 2.67 bits per heavy atom. The monoisotopic (exact) mass is 300 g/mol. The number of ether oxygens (including phenoxy) is 2. The van der Waals surface area contributed by atoms with Crippen molar-refractivity contribution < 1.29 is 24.5 Å². The lowest BCUT2D eigenvalue weighted by Gasteiger charge is -2.33. The van der Waals surface area contributed by atoms with Crippen molar-refractivity contribution in [1.82, 2.24) is 0 Å². The highest BCUT2D eigenvalue weighted by Gasteiger charge is 2.46. The van der Waals surface area contributed by atoms with Gasteiger partial charge < -0.3 is 19.7 Å². The van der Waals surface area contributed by atoms with Crippen LogP contribution in [0.4, 0.5) is 0 Å². The Kier molecular flexibility index (Phi) is 5.96. The van der Waals surface area contributed by atoms with Crippen LogP contribution in [-0.2, 0) is 14.3 Å². The van der Waals surface area contributed by atoms with Gasteiger partial charge in [-0.25, -0.2) is 4.79 Å². The van der Waals surface area contributed by atoms with Gasteiger partial charge in [0.25, 0.3) is 0 Å². The van der Waals surface area contributed by atoms with E-state index in [-0.39, 0.29) is 12.1 Å². The van der Waals surface area contributed by atoms with E-state index in [2.05, 4.69) is 4.74 Å². The lowest BCUT2D eigenvalue weighted by molar-refractivity contribution is -0.153. The number of hydrogen-bond acceptors (Lipinski definition) is 5. The summed E-state index contributed by atoms with van der Waals surface area (Å²) in [5, 5.41) is 20.4. The van der Waals surface area contributed by atoms with Gasteiger partial charge in [-0.05, 0) is 53.4 Å². The molecular formula is C16H28O5. The van der Waals surface area contributed by atoms with E-state index >= 15 is 0 Å². The number of aliphatic hydroxyl groups is 2.